The van der Waals surface area contributed by atoms with Crippen LogP contribution in [0.25, 0.3) is 10.8 Å². The molecule has 3 nitrogen and oxygen atoms in total. The number of anilines is 1. The van der Waals surface area contributed by atoms with Crippen LogP contribution in [0.15, 0.2) is 30.5 Å². The number of carbonyl (C=O) groups excluding carboxylic acids is 1. The summed E-state index contributed by atoms with van der Waals surface area (Å²) in [7, 11) is 0. The van der Waals surface area contributed by atoms with Crippen molar-refractivity contribution in [1.29, 1.82) is 0 Å². The Bertz CT molecular complexity index is 548. The Morgan fingerprint density at radius 3 is 3.00 bits per heavy atom. The van der Waals surface area contributed by atoms with E-state index in [4.69, 9.17) is 0 Å². The maximum absolute atomic E-state index is 11.3. The number of pyridine rings is 1. The van der Waals surface area contributed by atoms with Crippen molar-refractivity contribution in [3.8, 4) is 0 Å². The Balaban J connectivity index is 2.32. The topological polar surface area (TPSA) is 42.0 Å². The van der Waals surface area contributed by atoms with Gasteiger partial charge in [-0.2, -0.15) is 0 Å². The van der Waals surface area contributed by atoms with E-state index in [0.29, 0.717) is 6.42 Å². The summed E-state index contributed by atoms with van der Waals surface area (Å²) in [6.07, 6.45) is 3.15. The van der Waals surface area contributed by atoms with Gasteiger partial charge in [0.15, 0.2) is 0 Å². The molecule has 0 radical (unpaired) electrons. The number of hydrogen-bond acceptors (Lipinski definition) is 2. The number of nitrogens with zero attached hydrogens (tertiary/aromatic N) is 1. The summed E-state index contributed by atoms with van der Waals surface area (Å²) >= 11 is 0. The molecule has 1 aliphatic rings. The van der Waals surface area contributed by atoms with Gasteiger partial charge in [-0.05, 0) is 0 Å². The minimum Gasteiger partial charge on any atom is -0.324 e. The summed E-state index contributed by atoms with van der Waals surface area (Å²) < 4.78 is 0. The van der Waals surface area contributed by atoms with Gasteiger partial charge in [0.05, 0.1) is 11.4 Å². The molecule has 1 amide bonds. The molecule has 3 rings (SSSR count). The lowest BCUT2D eigenvalue weighted by atomic mass is 10.0. The van der Waals surface area contributed by atoms with E-state index in [1.54, 1.807) is 0 Å². The number of benzene rings is 1. The predicted octanol–water partition coefficient (Wildman–Crippen LogP) is 2.12. The first-order chi connectivity index (χ1) is 7.34. The zero-order valence-electron chi connectivity index (χ0n) is 8.16. The number of amides is 1. The zero-order valence-corrected chi connectivity index (χ0v) is 8.16. The molecular formula is C12H10N2O. The molecule has 0 fully saturated rings. The Morgan fingerprint density at radius 2 is 2.07 bits per heavy atom. The number of aromatic nitrogens is 1. The highest BCUT2D eigenvalue weighted by Gasteiger charge is 2.17. The predicted molar refractivity (Wildman–Crippen MR) is 58.7 cm³/mol. The van der Waals surface area contributed by atoms with Crippen LogP contribution in [0, 0.1) is 0 Å². The van der Waals surface area contributed by atoms with E-state index in [2.05, 4.69) is 10.3 Å². The molecule has 0 atom stereocenters. The average Bonchev–Trinajstić information content (AvgIpc) is 2.29. The van der Waals surface area contributed by atoms with Gasteiger partial charge >= 0.3 is 0 Å². The van der Waals surface area contributed by atoms with Crippen LogP contribution in [0.1, 0.15) is 12.1 Å². The fourth-order valence-electron chi connectivity index (χ4n) is 1.97. The SMILES string of the molecule is O=C1CCc2ncc3ccccc3c2N1. The number of nitrogens with one attached hydrogen (secondary N) is 1. The van der Waals surface area contributed by atoms with Crippen molar-refractivity contribution in [3.05, 3.63) is 36.2 Å². The van der Waals surface area contributed by atoms with Crippen LogP contribution in [-0.2, 0) is 11.2 Å². The fraction of sp³-hybridized carbons (Fsp3) is 0.167. The number of carbonyl (C=O) groups is 1. The molecule has 3 heteroatoms. The first-order valence-electron chi connectivity index (χ1n) is 5.01. The average molecular weight is 198 g/mol. The first kappa shape index (κ1) is 8.41. The van der Waals surface area contributed by atoms with Crippen molar-refractivity contribution in [2.75, 3.05) is 5.32 Å². The second-order valence-corrected chi connectivity index (χ2v) is 3.72. The summed E-state index contributed by atoms with van der Waals surface area (Å²) in [4.78, 5) is 15.7. The van der Waals surface area contributed by atoms with Crippen molar-refractivity contribution in [2.24, 2.45) is 0 Å². The molecule has 1 N–H and O–H groups in total. The Kier molecular flexibility index (Phi) is 1.71. The number of hydrogen-bond donors (Lipinski definition) is 1. The summed E-state index contributed by atoms with van der Waals surface area (Å²) in [6, 6.07) is 7.97. The standard InChI is InChI=1S/C12H10N2O/c15-11-6-5-10-12(14-11)9-4-2-1-3-8(9)7-13-10/h1-4,7H,5-6H2,(H,14,15). The van der Waals surface area contributed by atoms with Crippen molar-refractivity contribution in [1.82, 2.24) is 4.98 Å². The Labute approximate surface area is 87.1 Å². The highest BCUT2D eigenvalue weighted by atomic mass is 16.1. The normalized spacial score (nSPS) is 14.8. The van der Waals surface area contributed by atoms with Gasteiger partial charge in [0.2, 0.25) is 5.91 Å². The van der Waals surface area contributed by atoms with E-state index >= 15 is 0 Å². The van der Waals surface area contributed by atoms with Gasteiger partial charge in [-0.3, -0.25) is 9.78 Å². The van der Waals surface area contributed by atoms with Gasteiger partial charge in [-0.15, -0.1) is 0 Å². The van der Waals surface area contributed by atoms with Gasteiger partial charge in [-0.1, -0.05) is 24.3 Å². The van der Waals surface area contributed by atoms with Crippen LogP contribution < -0.4 is 5.32 Å². The number of fused-ring (bicyclic) bond motifs is 3. The second kappa shape index (κ2) is 3.05. The van der Waals surface area contributed by atoms with Crippen molar-refractivity contribution in [3.63, 3.8) is 0 Å². The summed E-state index contributed by atoms with van der Waals surface area (Å²) in [6.45, 7) is 0. The molecule has 0 spiro atoms. The van der Waals surface area contributed by atoms with Crippen molar-refractivity contribution >= 4 is 22.4 Å². The largest absolute Gasteiger partial charge is 0.324 e. The molecule has 15 heavy (non-hydrogen) atoms. The fourth-order valence-corrected chi connectivity index (χ4v) is 1.97. The van der Waals surface area contributed by atoms with Crippen LogP contribution in [0.4, 0.5) is 5.69 Å². The monoisotopic (exact) mass is 198 g/mol. The quantitative estimate of drug-likeness (QED) is 0.704. The molecule has 1 aromatic carbocycles. The third-order valence-electron chi connectivity index (χ3n) is 2.73. The van der Waals surface area contributed by atoms with Gasteiger partial charge in [0.25, 0.3) is 0 Å². The highest BCUT2D eigenvalue weighted by Crippen LogP contribution is 2.29. The Morgan fingerprint density at radius 1 is 1.20 bits per heavy atom. The van der Waals surface area contributed by atoms with E-state index in [9.17, 15) is 4.79 Å². The highest BCUT2D eigenvalue weighted by molar-refractivity contribution is 6.04. The van der Waals surface area contributed by atoms with Gasteiger partial charge in [-0.25, -0.2) is 0 Å². The third-order valence-corrected chi connectivity index (χ3v) is 2.73. The van der Waals surface area contributed by atoms with Gasteiger partial charge < -0.3 is 5.32 Å². The van der Waals surface area contributed by atoms with E-state index in [0.717, 1.165) is 28.6 Å². The Hall–Kier alpha value is -1.90. The van der Waals surface area contributed by atoms with Crippen LogP contribution >= 0.6 is 0 Å². The van der Waals surface area contributed by atoms with Gasteiger partial charge in [0.1, 0.15) is 0 Å². The molecule has 0 unspecified atom stereocenters. The maximum Gasteiger partial charge on any atom is 0.224 e. The van der Waals surface area contributed by atoms with E-state index in [1.165, 1.54) is 0 Å². The minimum absolute atomic E-state index is 0.0839. The molecule has 0 saturated heterocycles. The van der Waals surface area contributed by atoms with Gasteiger partial charge in [0, 0.05) is 29.8 Å². The second-order valence-electron chi connectivity index (χ2n) is 3.72. The molecular weight excluding hydrogens is 188 g/mol. The van der Waals surface area contributed by atoms with Crippen molar-refractivity contribution < 1.29 is 4.79 Å². The molecule has 74 valence electrons. The molecule has 1 aliphatic heterocycles. The summed E-state index contributed by atoms with van der Waals surface area (Å²) in [5, 5.41) is 5.05. The molecule has 1 aromatic heterocycles. The number of aryl methyl sites for hydroxylation is 1. The maximum atomic E-state index is 11.3. The summed E-state index contributed by atoms with van der Waals surface area (Å²) in [5.74, 6) is 0.0839. The van der Waals surface area contributed by atoms with Crippen LogP contribution in [-0.4, -0.2) is 10.9 Å². The van der Waals surface area contributed by atoms with Crippen LogP contribution in [0.2, 0.25) is 0 Å². The lowest BCUT2D eigenvalue weighted by Crippen LogP contribution is -2.20. The van der Waals surface area contributed by atoms with E-state index in [1.807, 2.05) is 30.5 Å². The number of rotatable bonds is 0. The van der Waals surface area contributed by atoms with Crippen LogP contribution in [0.3, 0.4) is 0 Å². The van der Waals surface area contributed by atoms with E-state index in [-0.39, 0.29) is 5.91 Å². The molecule has 0 saturated carbocycles. The minimum atomic E-state index is 0.0839. The molecule has 0 bridgehead atoms. The lowest BCUT2D eigenvalue weighted by molar-refractivity contribution is -0.116. The third kappa shape index (κ3) is 1.28. The molecule has 2 aromatic rings. The smallest absolute Gasteiger partial charge is 0.224 e. The molecule has 0 aliphatic carbocycles. The first-order valence-corrected chi connectivity index (χ1v) is 5.01. The lowest BCUT2D eigenvalue weighted by Gasteiger charge is -2.17. The van der Waals surface area contributed by atoms with E-state index < -0.39 is 0 Å². The zero-order chi connectivity index (χ0) is 10.3. The summed E-state index contributed by atoms with van der Waals surface area (Å²) in [5.41, 5.74) is 1.89. The molecule has 2 heterocycles. The van der Waals surface area contributed by atoms with Crippen LogP contribution in [0.5, 0.6) is 0 Å². The van der Waals surface area contributed by atoms with Crippen molar-refractivity contribution in [2.45, 2.75) is 12.8 Å².